The summed E-state index contributed by atoms with van der Waals surface area (Å²) in [7, 11) is 0. The quantitative estimate of drug-likeness (QED) is 0.504. The van der Waals surface area contributed by atoms with E-state index in [1.54, 1.807) is 0 Å². The van der Waals surface area contributed by atoms with Gasteiger partial charge < -0.3 is 15.2 Å². The molecule has 3 atom stereocenters. The van der Waals surface area contributed by atoms with Crippen LogP contribution < -0.4 is 5.32 Å². The fourth-order valence-corrected chi connectivity index (χ4v) is 1.82. The maximum atomic E-state index is 11.1. The number of hydrogen-bond donors (Lipinski definition) is 2. The molecule has 2 rings (SSSR count). The average Bonchev–Trinajstić information content (AvgIpc) is 2.88. The van der Waals surface area contributed by atoms with Gasteiger partial charge in [0.2, 0.25) is 0 Å². The molecule has 0 aromatic rings. The summed E-state index contributed by atoms with van der Waals surface area (Å²) in [5.41, 5.74) is -1.13. The Morgan fingerprint density at radius 3 is 2.93 bits per heavy atom. The van der Waals surface area contributed by atoms with E-state index in [-0.39, 0.29) is 12.0 Å². The smallest absolute Gasteiger partial charge is 0.254 e. The Labute approximate surface area is 82.9 Å². The van der Waals surface area contributed by atoms with Gasteiger partial charge in [-0.05, 0) is 12.8 Å². The van der Waals surface area contributed by atoms with Crippen LogP contribution in [0.2, 0.25) is 0 Å². The highest BCUT2D eigenvalue weighted by Gasteiger charge is 2.64. The molecule has 2 fully saturated rings. The van der Waals surface area contributed by atoms with Crippen molar-refractivity contribution in [2.45, 2.75) is 44.1 Å². The van der Waals surface area contributed by atoms with Gasteiger partial charge in [0, 0.05) is 6.42 Å². The number of fused-ring (bicyclic) bond motifs is 1. The van der Waals surface area contributed by atoms with Crippen molar-refractivity contribution < 1.29 is 14.6 Å². The van der Waals surface area contributed by atoms with Gasteiger partial charge in [-0.2, -0.15) is 0 Å². The number of epoxide rings is 1. The van der Waals surface area contributed by atoms with Gasteiger partial charge in [0.15, 0.2) is 11.8 Å². The molecule has 2 N–H and O–H groups in total. The second-order valence-corrected chi connectivity index (χ2v) is 3.81. The van der Waals surface area contributed by atoms with Crippen molar-refractivity contribution in [2.24, 2.45) is 0 Å². The molecule has 0 spiro atoms. The van der Waals surface area contributed by atoms with Gasteiger partial charge in [0.05, 0.1) is 0 Å². The SMILES string of the molecule is CC/C=C/CC[C@@]1(O)NC(=O)[C@@H]2O[C@@H]21. The van der Waals surface area contributed by atoms with Crippen LogP contribution in [0.3, 0.4) is 0 Å². The standard InChI is InChI=1S/C10H15NO3/c1-2-3-4-5-6-10(13)8-7(14-8)9(12)11-10/h3-4,7-8,13H,2,5-6H2,1H3,(H,11,12)/b4-3+/t7-,8+,10+/m1/s1. The van der Waals surface area contributed by atoms with Crippen LogP contribution >= 0.6 is 0 Å². The largest absolute Gasteiger partial charge is 0.368 e. The lowest BCUT2D eigenvalue weighted by Crippen LogP contribution is -2.47. The third kappa shape index (κ3) is 1.55. The minimum absolute atomic E-state index is 0.183. The van der Waals surface area contributed by atoms with Crippen LogP contribution in [0.4, 0.5) is 0 Å². The third-order valence-corrected chi connectivity index (χ3v) is 2.65. The van der Waals surface area contributed by atoms with E-state index in [4.69, 9.17) is 4.74 Å². The Kier molecular flexibility index (Phi) is 2.33. The molecule has 2 aliphatic heterocycles. The number of carbonyl (C=O) groups is 1. The molecular formula is C10H15NO3. The summed E-state index contributed by atoms with van der Waals surface area (Å²) >= 11 is 0. The topological polar surface area (TPSA) is 61.9 Å². The van der Waals surface area contributed by atoms with Crippen LogP contribution in [0.25, 0.3) is 0 Å². The van der Waals surface area contributed by atoms with Gasteiger partial charge >= 0.3 is 0 Å². The summed E-state index contributed by atoms with van der Waals surface area (Å²) in [4.78, 5) is 11.1. The first-order valence-electron chi connectivity index (χ1n) is 5.02. The lowest BCUT2D eigenvalue weighted by atomic mass is 10.0. The lowest BCUT2D eigenvalue weighted by Gasteiger charge is -2.22. The van der Waals surface area contributed by atoms with E-state index in [0.717, 1.165) is 12.8 Å². The van der Waals surface area contributed by atoms with E-state index < -0.39 is 11.8 Å². The van der Waals surface area contributed by atoms with E-state index in [9.17, 15) is 9.90 Å². The number of hydrogen-bond acceptors (Lipinski definition) is 3. The Bertz CT molecular complexity index is 277. The molecular weight excluding hydrogens is 182 g/mol. The Morgan fingerprint density at radius 1 is 1.64 bits per heavy atom. The first-order chi connectivity index (χ1) is 6.67. The van der Waals surface area contributed by atoms with E-state index in [2.05, 4.69) is 12.2 Å². The van der Waals surface area contributed by atoms with Crippen LogP contribution in [0.5, 0.6) is 0 Å². The van der Waals surface area contributed by atoms with Gasteiger partial charge in [0.25, 0.3) is 5.91 Å². The molecule has 2 aliphatic rings. The summed E-state index contributed by atoms with van der Waals surface area (Å²) in [6.45, 7) is 2.06. The number of morpholine rings is 1. The molecule has 4 heteroatoms. The van der Waals surface area contributed by atoms with Crippen molar-refractivity contribution in [1.82, 2.24) is 5.32 Å². The van der Waals surface area contributed by atoms with Gasteiger partial charge in [0.1, 0.15) is 6.10 Å². The molecule has 0 aliphatic carbocycles. The zero-order valence-electron chi connectivity index (χ0n) is 8.19. The number of rotatable bonds is 4. The molecule has 0 aromatic heterocycles. The van der Waals surface area contributed by atoms with Crippen molar-refractivity contribution >= 4 is 5.91 Å². The van der Waals surface area contributed by atoms with Crippen LogP contribution in [-0.2, 0) is 9.53 Å². The summed E-state index contributed by atoms with van der Waals surface area (Å²) in [5.74, 6) is -0.183. The molecule has 0 aromatic carbocycles. The van der Waals surface area contributed by atoms with Crippen molar-refractivity contribution in [3.8, 4) is 0 Å². The molecule has 14 heavy (non-hydrogen) atoms. The normalized spacial score (nSPS) is 40.0. The van der Waals surface area contributed by atoms with E-state index in [1.165, 1.54) is 0 Å². The number of amides is 1. The third-order valence-electron chi connectivity index (χ3n) is 2.65. The molecule has 4 nitrogen and oxygen atoms in total. The second kappa shape index (κ2) is 3.37. The monoisotopic (exact) mass is 197 g/mol. The van der Waals surface area contributed by atoms with Gasteiger partial charge in [-0.1, -0.05) is 19.1 Å². The molecule has 0 unspecified atom stereocenters. The number of aliphatic hydroxyl groups is 1. The Hall–Kier alpha value is -0.870. The van der Waals surface area contributed by atoms with Gasteiger partial charge in [-0.3, -0.25) is 4.79 Å². The van der Waals surface area contributed by atoms with E-state index >= 15 is 0 Å². The van der Waals surface area contributed by atoms with Crippen LogP contribution in [-0.4, -0.2) is 28.9 Å². The zero-order valence-corrected chi connectivity index (χ0v) is 8.19. The summed E-state index contributed by atoms with van der Waals surface area (Å²) in [6.07, 6.45) is 5.63. The van der Waals surface area contributed by atoms with Crippen molar-refractivity contribution in [1.29, 1.82) is 0 Å². The second-order valence-electron chi connectivity index (χ2n) is 3.81. The van der Waals surface area contributed by atoms with Crippen LogP contribution in [0.1, 0.15) is 26.2 Å². The summed E-state index contributed by atoms with van der Waals surface area (Å²) in [6, 6.07) is 0. The highest BCUT2D eigenvalue weighted by atomic mass is 16.6. The molecule has 0 radical (unpaired) electrons. The molecule has 2 heterocycles. The predicted molar refractivity (Wildman–Crippen MR) is 50.4 cm³/mol. The molecule has 78 valence electrons. The first-order valence-corrected chi connectivity index (χ1v) is 5.02. The number of nitrogens with one attached hydrogen (secondary N) is 1. The Morgan fingerprint density at radius 2 is 2.43 bits per heavy atom. The number of carbonyl (C=O) groups excluding carboxylic acids is 1. The maximum Gasteiger partial charge on any atom is 0.254 e. The first kappa shape index (κ1) is 9.68. The lowest BCUT2D eigenvalue weighted by molar-refractivity contribution is -0.129. The Balaban J connectivity index is 1.85. The van der Waals surface area contributed by atoms with E-state index in [1.807, 2.05) is 12.2 Å². The zero-order chi connectivity index (χ0) is 10.2. The minimum atomic E-state index is -1.13. The molecule has 0 bridgehead atoms. The fraction of sp³-hybridized carbons (Fsp3) is 0.700. The van der Waals surface area contributed by atoms with Gasteiger partial charge in [-0.25, -0.2) is 0 Å². The summed E-state index contributed by atoms with van der Waals surface area (Å²) in [5, 5.41) is 12.5. The minimum Gasteiger partial charge on any atom is -0.368 e. The number of ether oxygens (including phenoxy) is 1. The predicted octanol–water partition coefficient (Wildman–Crippen LogP) is 0.319. The van der Waals surface area contributed by atoms with Crippen molar-refractivity contribution in [2.75, 3.05) is 0 Å². The van der Waals surface area contributed by atoms with Crippen molar-refractivity contribution in [3.05, 3.63) is 12.2 Å². The molecule has 1 amide bonds. The highest BCUT2D eigenvalue weighted by molar-refractivity contribution is 5.88. The van der Waals surface area contributed by atoms with E-state index in [0.29, 0.717) is 6.42 Å². The summed E-state index contributed by atoms with van der Waals surface area (Å²) < 4.78 is 5.05. The fourth-order valence-electron chi connectivity index (χ4n) is 1.82. The molecule has 0 saturated carbocycles. The maximum absolute atomic E-state index is 11.1. The highest BCUT2D eigenvalue weighted by Crippen LogP contribution is 2.39. The van der Waals surface area contributed by atoms with Crippen LogP contribution in [0.15, 0.2) is 12.2 Å². The molecule has 2 saturated heterocycles. The van der Waals surface area contributed by atoms with Crippen molar-refractivity contribution in [3.63, 3.8) is 0 Å². The van der Waals surface area contributed by atoms with Gasteiger partial charge in [-0.15, -0.1) is 0 Å². The number of allylic oxidation sites excluding steroid dienone is 2. The average molecular weight is 197 g/mol. The van der Waals surface area contributed by atoms with Crippen LogP contribution in [0, 0.1) is 0 Å².